The van der Waals surface area contributed by atoms with E-state index in [1.807, 2.05) is 0 Å². The van der Waals surface area contributed by atoms with Crippen molar-refractivity contribution in [2.75, 3.05) is 7.11 Å². The third kappa shape index (κ3) is 4.36. The summed E-state index contributed by atoms with van der Waals surface area (Å²) in [7, 11) is 1.56. The molecule has 0 spiro atoms. The average molecular weight is 460 g/mol. The molecular formula is C25H21FN4O4. The molecular weight excluding hydrogens is 439 g/mol. The minimum atomic E-state index is -0.492. The number of methoxy groups -OCH3 is 1. The second-order valence-corrected chi connectivity index (χ2v) is 7.63. The Labute approximate surface area is 194 Å². The van der Waals surface area contributed by atoms with Crippen LogP contribution in [-0.2, 0) is 0 Å². The summed E-state index contributed by atoms with van der Waals surface area (Å²) >= 11 is 0. The Hall–Kier alpha value is -4.53. The highest BCUT2D eigenvalue weighted by atomic mass is 19.1. The second-order valence-electron chi connectivity index (χ2n) is 7.63. The maximum Gasteiger partial charge on any atom is 0.280 e. The first-order valence-corrected chi connectivity index (χ1v) is 10.3. The summed E-state index contributed by atoms with van der Waals surface area (Å²) in [6.45, 7) is 3.46. The molecule has 0 aliphatic rings. The van der Waals surface area contributed by atoms with Gasteiger partial charge in [0.15, 0.2) is 0 Å². The zero-order chi connectivity index (χ0) is 24.4. The van der Waals surface area contributed by atoms with Crippen LogP contribution in [0, 0.1) is 22.9 Å². The van der Waals surface area contributed by atoms with Gasteiger partial charge in [-0.3, -0.25) is 25.0 Å². The molecule has 0 amide bonds. The molecule has 0 bridgehead atoms. The van der Waals surface area contributed by atoms with E-state index in [0.29, 0.717) is 39.7 Å². The van der Waals surface area contributed by atoms with Gasteiger partial charge in [0.25, 0.3) is 11.2 Å². The quantitative estimate of drug-likeness (QED) is 0.238. The monoisotopic (exact) mass is 460 g/mol. The number of nitrogens with one attached hydrogen (secondary N) is 1. The van der Waals surface area contributed by atoms with Crippen LogP contribution in [-0.4, -0.2) is 27.5 Å². The fourth-order valence-electron chi connectivity index (χ4n) is 3.58. The Bertz CT molecular complexity index is 1450. The lowest BCUT2D eigenvalue weighted by molar-refractivity contribution is -0.384. The third-order valence-corrected chi connectivity index (χ3v) is 5.41. The van der Waals surface area contributed by atoms with Gasteiger partial charge in [0, 0.05) is 17.7 Å². The molecule has 4 aromatic rings. The Morgan fingerprint density at radius 2 is 1.76 bits per heavy atom. The van der Waals surface area contributed by atoms with E-state index in [1.54, 1.807) is 51.3 Å². The number of nitro groups is 1. The van der Waals surface area contributed by atoms with E-state index in [9.17, 15) is 19.3 Å². The Balaban J connectivity index is 1.92. The van der Waals surface area contributed by atoms with Crippen LogP contribution >= 0.6 is 0 Å². The van der Waals surface area contributed by atoms with Crippen LogP contribution < -0.4 is 10.3 Å². The maximum absolute atomic E-state index is 13.5. The highest BCUT2D eigenvalue weighted by Gasteiger charge is 2.20. The summed E-state index contributed by atoms with van der Waals surface area (Å²) < 4.78 is 20.0. The molecule has 3 aromatic carbocycles. The lowest BCUT2D eigenvalue weighted by Gasteiger charge is -2.06. The first-order chi connectivity index (χ1) is 16.3. The highest BCUT2D eigenvalue weighted by molar-refractivity contribution is 6.05. The lowest BCUT2D eigenvalue weighted by Crippen LogP contribution is -2.19. The van der Waals surface area contributed by atoms with Gasteiger partial charge in [-0.2, -0.15) is 0 Å². The summed E-state index contributed by atoms with van der Waals surface area (Å²) in [5.41, 5.74) is 2.96. The van der Waals surface area contributed by atoms with E-state index >= 15 is 0 Å². The van der Waals surface area contributed by atoms with E-state index in [0.717, 1.165) is 5.56 Å². The number of rotatable bonds is 6. The van der Waals surface area contributed by atoms with Gasteiger partial charge < -0.3 is 4.74 Å². The van der Waals surface area contributed by atoms with Crippen molar-refractivity contribution in [3.05, 3.63) is 104 Å². The van der Waals surface area contributed by atoms with Gasteiger partial charge in [0.1, 0.15) is 11.6 Å². The molecule has 8 nitrogen and oxygen atoms in total. The molecule has 1 heterocycles. The predicted molar refractivity (Wildman–Crippen MR) is 128 cm³/mol. The van der Waals surface area contributed by atoms with Crippen molar-refractivity contribution in [2.24, 2.45) is 4.99 Å². The Kier molecular flexibility index (Phi) is 6.09. The SMILES string of the molecule is COc1ccc(-c2[nH]n(-c3ccc(F)cc3)c(=O)c2C(C)=Nc2cc([N+](=O)[O-])ccc2C)cc1. The molecule has 4 rings (SSSR count). The van der Waals surface area contributed by atoms with Gasteiger partial charge in [-0.25, -0.2) is 9.07 Å². The summed E-state index contributed by atoms with van der Waals surface area (Å²) in [5, 5.41) is 14.3. The van der Waals surface area contributed by atoms with Crippen molar-refractivity contribution in [3.8, 4) is 22.7 Å². The number of benzene rings is 3. The fraction of sp³-hybridized carbons (Fsp3) is 0.120. The van der Waals surface area contributed by atoms with Gasteiger partial charge in [0.2, 0.25) is 0 Å². The summed E-state index contributed by atoms with van der Waals surface area (Å²) in [4.78, 5) is 28.8. The standard InChI is InChI=1S/C25H21FN4O4/c1-15-4-9-20(30(32)33)14-22(15)27-16(2)23-24(17-5-12-21(34-3)13-6-17)28-29(25(23)31)19-10-7-18(26)8-11-19/h4-14,28H,1-3H3. The Morgan fingerprint density at radius 1 is 1.09 bits per heavy atom. The first kappa shape index (κ1) is 22.7. The van der Waals surface area contributed by atoms with Crippen LogP contribution in [0.15, 0.2) is 76.5 Å². The summed E-state index contributed by atoms with van der Waals surface area (Å²) in [6.07, 6.45) is 0. The molecule has 1 aromatic heterocycles. The summed E-state index contributed by atoms with van der Waals surface area (Å²) in [6, 6.07) is 17.0. The average Bonchev–Trinajstić information content (AvgIpc) is 3.18. The number of hydrogen-bond donors (Lipinski definition) is 1. The molecule has 0 aliphatic carbocycles. The number of ether oxygens (including phenoxy) is 1. The van der Waals surface area contributed by atoms with Gasteiger partial charge in [-0.15, -0.1) is 0 Å². The van der Waals surface area contributed by atoms with E-state index in [4.69, 9.17) is 4.74 Å². The number of aliphatic imine (C=N–C) groups is 1. The van der Waals surface area contributed by atoms with Crippen molar-refractivity contribution >= 4 is 17.1 Å². The summed E-state index contributed by atoms with van der Waals surface area (Å²) in [5.74, 6) is 0.237. The molecule has 9 heteroatoms. The fourth-order valence-corrected chi connectivity index (χ4v) is 3.58. The van der Waals surface area contributed by atoms with Crippen molar-refractivity contribution in [1.29, 1.82) is 0 Å². The Morgan fingerprint density at radius 3 is 2.38 bits per heavy atom. The molecule has 0 unspecified atom stereocenters. The van der Waals surface area contributed by atoms with Crippen LogP contribution in [0.5, 0.6) is 5.75 Å². The van der Waals surface area contributed by atoms with E-state index < -0.39 is 10.7 Å². The molecule has 0 fully saturated rings. The normalized spacial score (nSPS) is 11.5. The number of halogens is 1. The number of aromatic amines is 1. The van der Waals surface area contributed by atoms with Crippen LogP contribution in [0.4, 0.5) is 15.8 Å². The van der Waals surface area contributed by atoms with Gasteiger partial charge in [-0.05, 0) is 67.9 Å². The maximum atomic E-state index is 13.5. The predicted octanol–water partition coefficient (Wildman–Crippen LogP) is 5.34. The van der Waals surface area contributed by atoms with E-state index in [1.165, 1.54) is 41.1 Å². The van der Waals surface area contributed by atoms with Crippen molar-refractivity contribution in [2.45, 2.75) is 13.8 Å². The minimum absolute atomic E-state index is 0.0923. The lowest BCUT2D eigenvalue weighted by atomic mass is 10.0. The molecule has 34 heavy (non-hydrogen) atoms. The third-order valence-electron chi connectivity index (χ3n) is 5.41. The topological polar surface area (TPSA) is 103 Å². The van der Waals surface area contributed by atoms with Crippen molar-refractivity contribution in [3.63, 3.8) is 0 Å². The molecule has 0 saturated heterocycles. The minimum Gasteiger partial charge on any atom is -0.497 e. The number of nitro benzene ring substituents is 1. The van der Waals surface area contributed by atoms with Crippen molar-refractivity contribution in [1.82, 2.24) is 9.78 Å². The van der Waals surface area contributed by atoms with E-state index in [2.05, 4.69) is 10.1 Å². The van der Waals surface area contributed by atoms with Crippen LogP contribution in [0.1, 0.15) is 18.1 Å². The highest BCUT2D eigenvalue weighted by Crippen LogP contribution is 2.28. The van der Waals surface area contributed by atoms with E-state index in [-0.39, 0.29) is 11.2 Å². The number of aryl methyl sites for hydroxylation is 1. The molecule has 0 saturated carbocycles. The number of nitrogens with zero attached hydrogens (tertiary/aromatic N) is 3. The molecule has 0 atom stereocenters. The number of aromatic nitrogens is 2. The smallest absolute Gasteiger partial charge is 0.280 e. The zero-order valence-electron chi connectivity index (χ0n) is 18.7. The molecule has 172 valence electrons. The van der Waals surface area contributed by atoms with Crippen molar-refractivity contribution < 1.29 is 14.1 Å². The zero-order valence-corrected chi connectivity index (χ0v) is 18.7. The second kappa shape index (κ2) is 9.14. The largest absolute Gasteiger partial charge is 0.497 e. The van der Waals surface area contributed by atoms with Gasteiger partial charge in [0.05, 0.1) is 40.4 Å². The molecule has 0 radical (unpaired) electrons. The first-order valence-electron chi connectivity index (χ1n) is 10.3. The molecule has 1 N–H and O–H groups in total. The number of H-pyrrole nitrogens is 1. The van der Waals surface area contributed by atoms with Crippen LogP contribution in [0.2, 0.25) is 0 Å². The number of non-ortho nitro benzene ring substituents is 1. The van der Waals surface area contributed by atoms with Crippen LogP contribution in [0.25, 0.3) is 16.9 Å². The van der Waals surface area contributed by atoms with Gasteiger partial charge in [-0.1, -0.05) is 6.07 Å². The van der Waals surface area contributed by atoms with Crippen LogP contribution in [0.3, 0.4) is 0 Å². The van der Waals surface area contributed by atoms with Gasteiger partial charge >= 0.3 is 0 Å². The molecule has 0 aliphatic heterocycles. The number of hydrogen-bond acceptors (Lipinski definition) is 5.